The van der Waals surface area contributed by atoms with E-state index in [0.29, 0.717) is 23.1 Å². The highest BCUT2D eigenvalue weighted by Crippen LogP contribution is 2.64. The molecule has 0 aliphatic heterocycles. The molecule has 0 spiro atoms. The maximum atomic E-state index is 12.1. The van der Waals surface area contributed by atoms with Gasteiger partial charge in [-0.05, 0) is 31.5 Å². The number of nitrogens with one attached hydrogen (secondary N) is 3. The van der Waals surface area contributed by atoms with Gasteiger partial charge in [0.2, 0.25) is 5.91 Å². The first kappa shape index (κ1) is 12.6. The Kier molecular flexibility index (Phi) is 2.50. The lowest BCUT2D eigenvalue weighted by atomic mass is 10.1. The van der Waals surface area contributed by atoms with E-state index in [1.807, 2.05) is 0 Å². The first-order valence-electron chi connectivity index (χ1n) is 5.73. The number of aromatic amines is 2. The molecular formula is C12H11Cl2N3O2. The summed E-state index contributed by atoms with van der Waals surface area (Å²) in [6.45, 7) is 1.72. The van der Waals surface area contributed by atoms with Crippen molar-refractivity contribution in [1.29, 1.82) is 0 Å². The van der Waals surface area contributed by atoms with Crippen molar-refractivity contribution in [3.05, 3.63) is 28.7 Å². The molecule has 100 valence electrons. The number of hydrogen-bond acceptors (Lipinski definition) is 2. The average molecular weight is 300 g/mol. The van der Waals surface area contributed by atoms with Crippen LogP contribution in [-0.4, -0.2) is 20.2 Å². The third-order valence-corrected chi connectivity index (χ3v) is 4.63. The lowest BCUT2D eigenvalue weighted by molar-refractivity contribution is -0.120. The number of benzene rings is 1. The van der Waals surface area contributed by atoms with Crippen molar-refractivity contribution in [2.24, 2.45) is 5.41 Å². The van der Waals surface area contributed by atoms with Crippen molar-refractivity contribution in [1.82, 2.24) is 9.97 Å². The van der Waals surface area contributed by atoms with E-state index in [0.717, 1.165) is 0 Å². The van der Waals surface area contributed by atoms with Crippen LogP contribution < -0.4 is 11.0 Å². The number of H-pyrrole nitrogens is 2. The van der Waals surface area contributed by atoms with Crippen LogP contribution in [0.5, 0.6) is 0 Å². The lowest BCUT2D eigenvalue weighted by Gasteiger charge is -2.12. The second-order valence-electron chi connectivity index (χ2n) is 5.01. The highest BCUT2D eigenvalue weighted by molar-refractivity contribution is 6.53. The van der Waals surface area contributed by atoms with Crippen LogP contribution in [0.15, 0.2) is 23.0 Å². The summed E-state index contributed by atoms with van der Waals surface area (Å²) in [7, 11) is 0. The summed E-state index contributed by atoms with van der Waals surface area (Å²) in [6.07, 6.45) is 0.429. The van der Waals surface area contributed by atoms with Gasteiger partial charge >= 0.3 is 5.69 Å². The van der Waals surface area contributed by atoms with E-state index in [4.69, 9.17) is 23.2 Å². The van der Waals surface area contributed by atoms with Crippen molar-refractivity contribution in [3.63, 3.8) is 0 Å². The zero-order valence-electron chi connectivity index (χ0n) is 10.0. The number of aromatic nitrogens is 2. The maximum absolute atomic E-state index is 12.1. The lowest BCUT2D eigenvalue weighted by Crippen LogP contribution is -2.25. The Hall–Kier alpha value is -1.46. The number of rotatable bonds is 2. The number of carbonyl (C=O) groups is 1. The summed E-state index contributed by atoms with van der Waals surface area (Å²) in [5, 5.41) is 2.76. The smallest absolute Gasteiger partial charge is 0.323 e. The average Bonchev–Trinajstić information content (AvgIpc) is 2.66. The molecule has 2 aromatic rings. The Bertz CT molecular complexity index is 734. The quantitative estimate of drug-likeness (QED) is 0.745. The molecule has 3 rings (SSSR count). The van der Waals surface area contributed by atoms with E-state index in [1.54, 1.807) is 25.1 Å². The van der Waals surface area contributed by atoms with Gasteiger partial charge < -0.3 is 15.3 Å². The van der Waals surface area contributed by atoms with Gasteiger partial charge in [0.15, 0.2) is 0 Å². The number of halogens is 2. The number of amides is 1. The molecule has 1 saturated carbocycles. The minimum absolute atomic E-state index is 0.227. The molecule has 1 heterocycles. The Morgan fingerprint density at radius 1 is 1.32 bits per heavy atom. The van der Waals surface area contributed by atoms with Crippen molar-refractivity contribution in [2.45, 2.75) is 17.7 Å². The molecule has 7 heteroatoms. The Balaban J connectivity index is 1.86. The molecule has 19 heavy (non-hydrogen) atoms. The molecule has 0 radical (unpaired) electrons. The SMILES string of the molecule is CC1(C(=O)Nc2ccc3[nH]c(=O)[nH]c3c2)CC1(Cl)Cl. The molecule has 1 amide bonds. The van der Waals surface area contributed by atoms with E-state index in [1.165, 1.54) is 0 Å². The molecule has 1 aliphatic carbocycles. The predicted molar refractivity (Wildman–Crippen MR) is 74.7 cm³/mol. The normalized spacial score (nSPS) is 24.4. The van der Waals surface area contributed by atoms with Gasteiger partial charge in [-0.3, -0.25) is 4.79 Å². The topological polar surface area (TPSA) is 77.8 Å². The Morgan fingerprint density at radius 2 is 1.95 bits per heavy atom. The molecule has 1 aromatic carbocycles. The third kappa shape index (κ3) is 1.93. The summed E-state index contributed by atoms with van der Waals surface area (Å²) >= 11 is 11.9. The second-order valence-corrected chi connectivity index (χ2v) is 6.49. The molecular weight excluding hydrogens is 289 g/mol. The van der Waals surface area contributed by atoms with E-state index < -0.39 is 9.75 Å². The maximum Gasteiger partial charge on any atom is 0.323 e. The van der Waals surface area contributed by atoms with Crippen LogP contribution >= 0.6 is 23.2 Å². The van der Waals surface area contributed by atoms with Crippen LogP contribution in [0.4, 0.5) is 5.69 Å². The van der Waals surface area contributed by atoms with Crippen LogP contribution in [0.3, 0.4) is 0 Å². The Labute approximate surface area is 118 Å². The van der Waals surface area contributed by atoms with Gasteiger partial charge in [0.25, 0.3) is 0 Å². The number of fused-ring (bicyclic) bond motifs is 1. The summed E-state index contributed by atoms with van der Waals surface area (Å²) < 4.78 is -0.996. The van der Waals surface area contributed by atoms with Crippen molar-refractivity contribution < 1.29 is 4.79 Å². The van der Waals surface area contributed by atoms with Gasteiger partial charge in [-0.2, -0.15) is 0 Å². The van der Waals surface area contributed by atoms with Crippen molar-refractivity contribution >= 4 is 45.8 Å². The first-order valence-corrected chi connectivity index (χ1v) is 6.49. The van der Waals surface area contributed by atoms with Crippen LogP contribution in [0.1, 0.15) is 13.3 Å². The van der Waals surface area contributed by atoms with Crippen LogP contribution in [0.25, 0.3) is 11.0 Å². The molecule has 0 saturated heterocycles. The number of imidazole rings is 1. The molecule has 1 aliphatic rings. The van der Waals surface area contributed by atoms with E-state index >= 15 is 0 Å². The van der Waals surface area contributed by atoms with Gasteiger partial charge in [0.05, 0.1) is 16.4 Å². The van der Waals surface area contributed by atoms with Crippen LogP contribution in [-0.2, 0) is 4.79 Å². The first-order chi connectivity index (χ1) is 8.82. The van der Waals surface area contributed by atoms with Crippen LogP contribution in [0, 0.1) is 5.41 Å². The summed E-state index contributed by atoms with van der Waals surface area (Å²) in [5.41, 5.74) is 0.853. The number of anilines is 1. The fourth-order valence-corrected chi connectivity index (χ4v) is 2.73. The molecule has 3 N–H and O–H groups in total. The van der Waals surface area contributed by atoms with Gasteiger partial charge in [-0.1, -0.05) is 0 Å². The molecule has 1 aromatic heterocycles. The van der Waals surface area contributed by atoms with Crippen molar-refractivity contribution in [3.8, 4) is 0 Å². The third-order valence-electron chi connectivity index (χ3n) is 3.53. The van der Waals surface area contributed by atoms with Gasteiger partial charge in [-0.15, -0.1) is 23.2 Å². The summed E-state index contributed by atoms with van der Waals surface area (Å²) in [5.74, 6) is -0.227. The van der Waals surface area contributed by atoms with E-state index in [-0.39, 0.29) is 11.6 Å². The van der Waals surface area contributed by atoms with Crippen LogP contribution in [0.2, 0.25) is 0 Å². The number of alkyl halides is 2. The molecule has 0 bridgehead atoms. The molecule has 1 unspecified atom stereocenters. The summed E-state index contributed by atoms with van der Waals surface area (Å²) in [6, 6.07) is 5.10. The standard InChI is InChI=1S/C12H11Cl2N3O2/c1-11(5-12(11,13)14)9(18)15-6-2-3-7-8(4-6)17-10(19)16-7/h2-4H,5H2,1H3,(H,15,18)(H2,16,17,19). The number of carbonyl (C=O) groups excluding carboxylic acids is 1. The highest BCUT2D eigenvalue weighted by atomic mass is 35.5. The molecule has 1 atom stereocenters. The van der Waals surface area contributed by atoms with E-state index in [2.05, 4.69) is 15.3 Å². The summed E-state index contributed by atoms with van der Waals surface area (Å²) in [4.78, 5) is 28.5. The highest BCUT2D eigenvalue weighted by Gasteiger charge is 2.67. The Morgan fingerprint density at radius 3 is 2.58 bits per heavy atom. The largest absolute Gasteiger partial charge is 0.325 e. The van der Waals surface area contributed by atoms with Gasteiger partial charge in [0, 0.05) is 5.69 Å². The minimum atomic E-state index is -0.996. The fraction of sp³-hybridized carbons (Fsp3) is 0.333. The van der Waals surface area contributed by atoms with Gasteiger partial charge in [-0.25, -0.2) is 4.79 Å². The second kappa shape index (κ2) is 3.77. The van der Waals surface area contributed by atoms with Crippen molar-refractivity contribution in [2.75, 3.05) is 5.32 Å². The molecule has 5 nitrogen and oxygen atoms in total. The monoisotopic (exact) mass is 299 g/mol. The minimum Gasteiger partial charge on any atom is -0.325 e. The van der Waals surface area contributed by atoms with E-state index in [9.17, 15) is 9.59 Å². The fourth-order valence-electron chi connectivity index (χ4n) is 2.03. The zero-order chi connectivity index (χ0) is 13.8. The zero-order valence-corrected chi connectivity index (χ0v) is 11.5. The number of hydrogen-bond donors (Lipinski definition) is 3. The predicted octanol–water partition coefficient (Wildman–Crippen LogP) is 2.38. The van der Waals surface area contributed by atoms with Gasteiger partial charge in [0.1, 0.15) is 4.33 Å². The molecule has 1 fully saturated rings.